The molecule has 2 aromatic carbocycles. The van der Waals surface area contributed by atoms with E-state index in [0.29, 0.717) is 38.8 Å². The molecule has 2 aromatic rings. The van der Waals surface area contributed by atoms with Crippen molar-refractivity contribution in [1.82, 2.24) is 14.7 Å². The highest BCUT2D eigenvalue weighted by Gasteiger charge is 2.23. The van der Waals surface area contributed by atoms with Crippen molar-refractivity contribution in [2.45, 2.75) is 47.2 Å². The number of nitrogens with zero attached hydrogens (tertiary/aromatic N) is 3. The maximum atomic E-state index is 13.0. The van der Waals surface area contributed by atoms with E-state index in [1.165, 1.54) is 5.56 Å². The first kappa shape index (κ1) is 24.9. The molecule has 1 aliphatic heterocycles. The number of hydrogen-bond acceptors (Lipinski definition) is 4. The van der Waals surface area contributed by atoms with Gasteiger partial charge in [0.2, 0.25) is 5.91 Å². The molecular weight excluding hydrogens is 412 g/mol. The zero-order valence-electron chi connectivity index (χ0n) is 20.7. The Kier molecular flexibility index (Phi) is 8.64. The van der Waals surface area contributed by atoms with Crippen molar-refractivity contribution in [3.63, 3.8) is 0 Å². The fourth-order valence-electron chi connectivity index (χ4n) is 4.22. The lowest BCUT2D eigenvalue weighted by molar-refractivity contribution is -0.117. The van der Waals surface area contributed by atoms with Crippen molar-refractivity contribution >= 4 is 17.5 Å². The molecular formula is C27H38N4O2. The topological polar surface area (TPSA) is 55.9 Å². The normalized spacial score (nSPS) is 14.7. The summed E-state index contributed by atoms with van der Waals surface area (Å²) in [6, 6.07) is 14.4. The summed E-state index contributed by atoms with van der Waals surface area (Å²) < 4.78 is 0. The molecule has 0 atom stereocenters. The number of anilines is 1. The molecule has 0 spiro atoms. The average molecular weight is 451 g/mol. The van der Waals surface area contributed by atoms with Gasteiger partial charge in [-0.3, -0.25) is 19.4 Å². The Morgan fingerprint density at radius 2 is 1.67 bits per heavy atom. The Morgan fingerprint density at radius 3 is 2.27 bits per heavy atom. The summed E-state index contributed by atoms with van der Waals surface area (Å²) in [5.74, 6) is 0.0545. The van der Waals surface area contributed by atoms with E-state index in [0.717, 1.165) is 35.5 Å². The van der Waals surface area contributed by atoms with Crippen molar-refractivity contribution in [2.75, 3.05) is 44.6 Å². The number of nitrogens with one attached hydrogen (secondary N) is 1. The molecule has 1 aliphatic rings. The number of rotatable bonds is 8. The molecule has 1 fully saturated rings. The number of hydrogen-bond donors (Lipinski definition) is 1. The van der Waals surface area contributed by atoms with Crippen LogP contribution >= 0.6 is 0 Å². The van der Waals surface area contributed by atoms with Gasteiger partial charge in [0.1, 0.15) is 0 Å². The predicted octanol–water partition coefficient (Wildman–Crippen LogP) is 3.93. The summed E-state index contributed by atoms with van der Waals surface area (Å²) in [5.41, 5.74) is 5.08. The molecule has 1 saturated heterocycles. The first-order valence-electron chi connectivity index (χ1n) is 12.0. The van der Waals surface area contributed by atoms with Gasteiger partial charge in [0.05, 0.1) is 6.54 Å². The SMILES string of the molecule is CCN(Cc1ccc(C(=O)N2CCN(CC(=O)Nc3cccc(C)c3C)CC2)cc1)C(C)C. The third-order valence-electron chi connectivity index (χ3n) is 6.63. The maximum absolute atomic E-state index is 13.0. The van der Waals surface area contributed by atoms with Gasteiger partial charge in [-0.25, -0.2) is 0 Å². The number of carbonyl (C=O) groups excluding carboxylic acids is 2. The zero-order valence-corrected chi connectivity index (χ0v) is 20.7. The smallest absolute Gasteiger partial charge is 0.253 e. The van der Waals surface area contributed by atoms with Gasteiger partial charge >= 0.3 is 0 Å². The van der Waals surface area contributed by atoms with Crippen molar-refractivity contribution in [3.8, 4) is 0 Å². The van der Waals surface area contributed by atoms with E-state index in [1.807, 2.05) is 49.1 Å². The summed E-state index contributed by atoms with van der Waals surface area (Å²) in [6.45, 7) is 15.5. The second-order valence-electron chi connectivity index (χ2n) is 9.22. The van der Waals surface area contributed by atoms with E-state index in [4.69, 9.17) is 0 Å². The second kappa shape index (κ2) is 11.4. The van der Waals surface area contributed by atoms with Gasteiger partial charge in [-0.1, -0.05) is 31.2 Å². The third kappa shape index (κ3) is 6.65. The minimum Gasteiger partial charge on any atom is -0.336 e. The zero-order chi connectivity index (χ0) is 24.0. The second-order valence-corrected chi connectivity index (χ2v) is 9.22. The molecule has 0 radical (unpaired) electrons. The quantitative estimate of drug-likeness (QED) is 0.662. The molecule has 0 aromatic heterocycles. The van der Waals surface area contributed by atoms with E-state index in [1.54, 1.807) is 0 Å². The average Bonchev–Trinajstić information content (AvgIpc) is 2.80. The number of benzene rings is 2. The number of amides is 2. The van der Waals surface area contributed by atoms with Gasteiger partial charge < -0.3 is 10.2 Å². The highest BCUT2D eigenvalue weighted by molar-refractivity contribution is 5.94. The van der Waals surface area contributed by atoms with Gasteiger partial charge in [0.15, 0.2) is 0 Å². The lowest BCUT2D eigenvalue weighted by Gasteiger charge is -2.34. The van der Waals surface area contributed by atoms with Crippen LogP contribution in [0.15, 0.2) is 42.5 Å². The van der Waals surface area contributed by atoms with Crippen molar-refractivity contribution in [3.05, 3.63) is 64.7 Å². The van der Waals surface area contributed by atoms with Crippen molar-refractivity contribution in [1.29, 1.82) is 0 Å². The summed E-state index contributed by atoms with van der Waals surface area (Å²) in [7, 11) is 0. The maximum Gasteiger partial charge on any atom is 0.253 e. The minimum atomic E-state index is -0.0124. The Morgan fingerprint density at radius 1 is 1.00 bits per heavy atom. The standard InChI is InChI=1S/C27H38N4O2/c1-6-30(20(2)3)18-23-10-12-24(13-11-23)27(33)31-16-14-29(15-17-31)19-26(32)28-25-9-7-8-21(4)22(25)5/h7-13,20H,6,14-19H2,1-5H3,(H,28,32). The van der Waals surface area contributed by atoms with Crippen LogP contribution in [0.5, 0.6) is 0 Å². The van der Waals surface area contributed by atoms with Gasteiger partial charge in [0, 0.05) is 50.0 Å². The summed E-state index contributed by atoms with van der Waals surface area (Å²) in [4.78, 5) is 31.9. The lowest BCUT2D eigenvalue weighted by atomic mass is 10.1. The number of piperazine rings is 1. The molecule has 0 aliphatic carbocycles. The monoisotopic (exact) mass is 450 g/mol. The molecule has 3 rings (SSSR count). The first-order valence-corrected chi connectivity index (χ1v) is 12.0. The van der Waals surface area contributed by atoms with Crippen LogP contribution < -0.4 is 5.32 Å². The Labute approximate surface area is 198 Å². The Hall–Kier alpha value is -2.70. The van der Waals surface area contributed by atoms with Crippen LogP contribution in [-0.2, 0) is 11.3 Å². The predicted molar refractivity (Wildman–Crippen MR) is 135 cm³/mol. The van der Waals surface area contributed by atoms with Gasteiger partial charge in [-0.15, -0.1) is 0 Å². The Bertz CT molecular complexity index is 947. The molecule has 2 amide bonds. The molecule has 0 saturated carbocycles. The fraction of sp³-hybridized carbons (Fsp3) is 0.481. The van der Waals surface area contributed by atoms with E-state index in [2.05, 4.69) is 48.0 Å². The van der Waals surface area contributed by atoms with Crippen molar-refractivity contribution in [2.24, 2.45) is 0 Å². The van der Waals surface area contributed by atoms with Crippen molar-refractivity contribution < 1.29 is 9.59 Å². The van der Waals surface area contributed by atoms with E-state index in [9.17, 15) is 9.59 Å². The molecule has 6 heteroatoms. The summed E-state index contributed by atoms with van der Waals surface area (Å²) >= 11 is 0. The molecule has 0 bridgehead atoms. The molecule has 0 unspecified atom stereocenters. The first-order chi connectivity index (χ1) is 15.8. The molecule has 1 heterocycles. The number of carbonyl (C=O) groups is 2. The summed E-state index contributed by atoms with van der Waals surface area (Å²) in [5, 5.41) is 3.02. The highest BCUT2D eigenvalue weighted by atomic mass is 16.2. The van der Waals surface area contributed by atoms with Crippen LogP contribution in [0, 0.1) is 13.8 Å². The minimum absolute atomic E-state index is 0.0124. The van der Waals surface area contributed by atoms with Crippen LogP contribution in [-0.4, -0.2) is 71.8 Å². The molecule has 1 N–H and O–H groups in total. The van der Waals surface area contributed by atoms with Gasteiger partial charge in [-0.2, -0.15) is 0 Å². The lowest BCUT2D eigenvalue weighted by Crippen LogP contribution is -2.50. The van der Waals surface area contributed by atoms with E-state index >= 15 is 0 Å². The molecule has 178 valence electrons. The van der Waals surface area contributed by atoms with Crippen LogP contribution in [0.3, 0.4) is 0 Å². The Balaban J connectivity index is 1.48. The van der Waals surface area contributed by atoms with Crippen LogP contribution in [0.4, 0.5) is 5.69 Å². The largest absolute Gasteiger partial charge is 0.336 e. The van der Waals surface area contributed by atoms with Gasteiger partial charge in [0.25, 0.3) is 5.91 Å². The van der Waals surface area contributed by atoms with E-state index in [-0.39, 0.29) is 11.8 Å². The number of aryl methyl sites for hydroxylation is 1. The van der Waals surface area contributed by atoms with E-state index < -0.39 is 0 Å². The van der Waals surface area contributed by atoms with Gasteiger partial charge in [-0.05, 0) is 69.1 Å². The molecule has 33 heavy (non-hydrogen) atoms. The van der Waals surface area contributed by atoms with Crippen LogP contribution in [0.2, 0.25) is 0 Å². The third-order valence-corrected chi connectivity index (χ3v) is 6.63. The summed E-state index contributed by atoms with van der Waals surface area (Å²) in [6.07, 6.45) is 0. The van der Waals surface area contributed by atoms with Crippen LogP contribution in [0.1, 0.15) is 47.8 Å². The fourth-order valence-corrected chi connectivity index (χ4v) is 4.22. The molecule has 6 nitrogen and oxygen atoms in total. The van der Waals surface area contributed by atoms with Crippen LogP contribution in [0.25, 0.3) is 0 Å². The highest BCUT2D eigenvalue weighted by Crippen LogP contribution is 2.18.